The molecule has 3 heterocycles. The fraction of sp³-hybridized carbons (Fsp3) is 0.0588. The van der Waals surface area contributed by atoms with Crippen molar-refractivity contribution in [3.8, 4) is 11.3 Å². The number of anilines is 2. The van der Waals surface area contributed by atoms with E-state index in [1.807, 2.05) is 49.4 Å². The van der Waals surface area contributed by atoms with E-state index < -0.39 is 0 Å². The number of carbonyl (C=O) groups excluding carboxylic acids is 1. The number of aryl methyl sites for hydroxylation is 1. The van der Waals surface area contributed by atoms with Crippen molar-refractivity contribution in [3.63, 3.8) is 0 Å². The van der Waals surface area contributed by atoms with E-state index >= 15 is 0 Å². The van der Waals surface area contributed by atoms with Crippen molar-refractivity contribution in [3.05, 3.63) is 52.3 Å². The van der Waals surface area contributed by atoms with Gasteiger partial charge in [0, 0.05) is 10.9 Å². The Hall–Kier alpha value is -2.84. The number of nitrogen functional groups attached to an aromatic ring is 1. The quantitative estimate of drug-likeness (QED) is 0.572. The molecular formula is C17H13N5OS2. The molecule has 0 aliphatic carbocycles. The number of fused-ring (bicyclic) bond motifs is 1. The van der Waals surface area contributed by atoms with Gasteiger partial charge in [0.15, 0.2) is 0 Å². The molecule has 0 saturated heterocycles. The van der Waals surface area contributed by atoms with Crippen molar-refractivity contribution in [2.75, 3.05) is 11.1 Å². The van der Waals surface area contributed by atoms with Gasteiger partial charge in [0.2, 0.25) is 5.13 Å². The van der Waals surface area contributed by atoms with Crippen LogP contribution in [0.25, 0.3) is 21.5 Å². The maximum absolute atomic E-state index is 12.5. The van der Waals surface area contributed by atoms with Gasteiger partial charge in [0.25, 0.3) is 5.91 Å². The van der Waals surface area contributed by atoms with Crippen LogP contribution in [0.2, 0.25) is 0 Å². The molecular weight excluding hydrogens is 354 g/mol. The van der Waals surface area contributed by atoms with Crippen LogP contribution in [0, 0.1) is 6.92 Å². The number of carbonyl (C=O) groups is 1. The number of benzene rings is 1. The minimum atomic E-state index is -0.294. The molecule has 0 unspecified atom stereocenters. The third kappa shape index (κ3) is 2.97. The molecule has 4 aromatic rings. The van der Waals surface area contributed by atoms with Gasteiger partial charge >= 0.3 is 0 Å². The summed E-state index contributed by atoms with van der Waals surface area (Å²) in [5, 5.41) is 12.5. The van der Waals surface area contributed by atoms with Crippen LogP contribution in [0.4, 0.5) is 10.8 Å². The molecule has 0 atom stereocenters. The van der Waals surface area contributed by atoms with Crippen molar-refractivity contribution in [2.45, 2.75) is 6.92 Å². The van der Waals surface area contributed by atoms with E-state index in [2.05, 4.69) is 20.5 Å². The Morgan fingerprint density at radius 1 is 1.08 bits per heavy atom. The zero-order chi connectivity index (χ0) is 17.4. The van der Waals surface area contributed by atoms with Gasteiger partial charge in [-0.1, -0.05) is 41.7 Å². The number of thiophene rings is 1. The Labute approximate surface area is 151 Å². The van der Waals surface area contributed by atoms with E-state index in [9.17, 15) is 4.79 Å². The lowest BCUT2D eigenvalue weighted by Gasteiger charge is -2.00. The maximum atomic E-state index is 12.5. The molecule has 0 bridgehead atoms. The third-order valence-corrected chi connectivity index (χ3v) is 5.48. The van der Waals surface area contributed by atoms with Gasteiger partial charge < -0.3 is 5.73 Å². The molecule has 0 aliphatic heterocycles. The summed E-state index contributed by atoms with van der Waals surface area (Å²) in [6.45, 7) is 1.83. The highest BCUT2D eigenvalue weighted by Crippen LogP contribution is 2.34. The van der Waals surface area contributed by atoms with Gasteiger partial charge in [-0.15, -0.1) is 21.5 Å². The Morgan fingerprint density at radius 3 is 2.60 bits per heavy atom. The second-order valence-electron chi connectivity index (χ2n) is 5.34. The summed E-state index contributed by atoms with van der Waals surface area (Å²) in [6.07, 6.45) is 0. The molecule has 1 aromatic carbocycles. The SMILES string of the molecule is Cc1nnc(NC(=O)c2sc3nc(-c4ccccc4)ccc3c2N)s1. The Morgan fingerprint density at radius 2 is 1.88 bits per heavy atom. The number of hydrogen-bond donors (Lipinski definition) is 2. The molecule has 3 aromatic heterocycles. The molecule has 6 nitrogen and oxygen atoms in total. The van der Waals surface area contributed by atoms with Crippen LogP contribution < -0.4 is 11.1 Å². The lowest BCUT2D eigenvalue weighted by atomic mass is 10.1. The van der Waals surface area contributed by atoms with Crippen molar-refractivity contribution in [2.24, 2.45) is 0 Å². The summed E-state index contributed by atoms with van der Waals surface area (Å²) >= 11 is 2.59. The molecule has 0 aliphatic rings. The molecule has 8 heteroatoms. The van der Waals surface area contributed by atoms with Crippen LogP contribution in [0.15, 0.2) is 42.5 Å². The maximum Gasteiger partial charge on any atom is 0.269 e. The fourth-order valence-electron chi connectivity index (χ4n) is 2.44. The predicted molar refractivity (Wildman–Crippen MR) is 102 cm³/mol. The van der Waals surface area contributed by atoms with Gasteiger partial charge in [-0.3, -0.25) is 10.1 Å². The molecule has 1 amide bonds. The lowest BCUT2D eigenvalue weighted by molar-refractivity contribution is 0.103. The summed E-state index contributed by atoms with van der Waals surface area (Å²) in [5.74, 6) is -0.294. The van der Waals surface area contributed by atoms with E-state index in [1.54, 1.807) is 0 Å². The summed E-state index contributed by atoms with van der Waals surface area (Å²) in [6, 6.07) is 13.7. The summed E-state index contributed by atoms with van der Waals surface area (Å²) in [4.78, 5) is 18.3. The first-order chi connectivity index (χ1) is 12.1. The number of rotatable bonds is 3. The average molecular weight is 367 g/mol. The number of pyridine rings is 1. The Kier molecular flexibility index (Phi) is 3.90. The topological polar surface area (TPSA) is 93.8 Å². The van der Waals surface area contributed by atoms with E-state index in [0.717, 1.165) is 26.5 Å². The fourth-order valence-corrected chi connectivity index (χ4v) is 4.01. The first-order valence-corrected chi connectivity index (χ1v) is 9.11. The van der Waals surface area contributed by atoms with Crippen LogP contribution in [-0.4, -0.2) is 21.1 Å². The van der Waals surface area contributed by atoms with Crippen LogP contribution in [-0.2, 0) is 0 Å². The van der Waals surface area contributed by atoms with E-state index in [4.69, 9.17) is 5.73 Å². The third-order valence-electron chi connectivity index (χ3n) is 3.62. The molecule has 25 heavy (non-hydrogen) atoms. The molecule has 3 N–H and O–H groups in total. The largest absolute Gasteiger partial charge is 0.397 e. The Bertz CT molecular complexity index is 1070. The molecule has 4 rings (SSSR count). The minimum Gasteiger partial charge on any atom is -0.397 e. The molecule has 124 valence electrons. The number of nitrogens with two attached hydrogens (primary N) is 1. The van der Waals surface area contributed by atoms with E-state index in [-0.39, 0.29) is 5.91 Å². The summed E-state index contributed by atoms with van der Waals surface area (Å²) in [7, 11) is 0. The summed E-state index contributed by atoms with van der Waals surface area (Å²) < 4.78 is 0. The van der Waals surface area contributed by atoms with Gasteiger partial charge in [0.05, 0.1) is 11.4 Å². The predicted octanol–water partition coefficient (Wildman–Crippen LogP) is 3.96. The first-order valence-electron chi connectivity index (χ1n) is 7.48. The van der Waals surface area contributed by atoms with Crippen molar-refractivity contribution in [1.82, 2.24) is 15.2 Å². The van der Waals surface area contributed by atoms with Crippen molar-refractivity contribution < 1.29 is 4.79 Å². The van der Waals surface area contributed by atoms with Crippen LogP contribution in [0.3, 0.4) is 0 Å². The Balaban J connectivity index is 1.70. The monoisotopic (exact) mass is 367 g/mol. The van der Waals surface area contributed by atoms with E-state index in [1.165, 1.54) is 22.7 Å². The van der Waals surface area contributed by atoms with Crippen LogP contribution in [0.5, 0.6) is 0 Å². The molecule has 0 saturated carbocycles. The first kappa shape index (κ1) is 15.7. The van der Waals surface area contributed by atoms with Gasteiger partial charge in [-0.25, -0.2) is 4.98 Å². The highest BCUT2D eigenvalue weighted by atomic mass is 32.1. The summed E-state index contributed by atoms with van der Waals surface area (Å²) in [5.41, 5.74) is 8.47. The zero-order valence-corrected chi connectivity index (χ0v) is 14.8. The van der Waals surface area contributed by atoms with Crippen molar-refractivity contribution >= 4 is 49.6 Å². The zero-order valence-electron chi connectivity index (χ0n) is 13.2. The highest BCUT2D eigenvalue weighted by molar-refractivity contribution is 7.21. The molecule has 0 fully saturated rings. The normalized spacial score (nSPS) is 10.9. The molecule has 0 spiro atoms. The smallest absolute Gasteiger partial charge is 0.269 e. The number of hydrogen-bond acceptors (Lipinski definition) is 7. The number of aromatic nitrogens is 3. The average Bonchev–Trinajstić information content (AvgIpc) is 3.18. The van der Waals surface area contributed by atoms with Gasteiger partial charge in [0.1, 0.15) is 14.7 Å². The number of nitrogens with one attached hydrogen (secondary N) is 1. The second kappa shape index (κ2) is 6.23. The standard InChI is InChI=1S/C17H13N5OS2/c1-9-21-22-17(24-9)20-15(23)14-13(18)11-7-8-12(19-16(11)25-14)10-5-3-2-4-6-10/h2-8H,18H2,1H3,(H,20,22,23). The molecule has 0 radical (unpaired) electrons. The number of nitrogens with zero attached hydrogens (tertiary/aromatic N) is 3. The number of amides is 1. The van der Waals surface area contributed by atoms with E-state index in [0.29, 0.717) is 15.7 Å². The van der Waals surface area contributed by atoms with Crippen molar-refractivity contribution in [1.29, 1.82) is 0 Å². The van der Waals surface area contributed by atoms with Crippen LogP contribution in [0.1, 0.15) is 14.7 Å². The van der Waals surface area contributed by atoms with Gasteiger partial charge in [-0.05, 0) is 19.1 Å². The lowest BCUT2D eigenvalue weighted by Crippen LogP contribution is -2.11. The second-order valence-corrected chi connectivity index (χ2v) is 7.52. The van der Waals surface area contributed by atoms with Crippen LogP contribution >= 0.6 is 22.7 Å². The minimum absolute atomic E-state index is 0.294. The highest BCUT2D eigenvalue weighted by Gasteiger charge is 2.19. The van der Waals surface area contributed by atoms with Gasteiger partial charge in [-0.2, -0.15) is 0 Å².